The molecule has 0 aliphatic rings. The monoisotopic (exact) mass is 309 g/mol. The Hall–Kier alpha value is -2.44. The van der Waals surface area contributed by atoms with E-state index in [0.717, 1.165) is 22.2 Å². The Morgan fingerprint density at radius 3 is 2.77 bits per heavy atom. The molecule has 118 valence electrons. The standard InChI is InChI=1S/C15H17F2N3O2/c1-4-10-7-11(6-5-9(10)2)18-14(21)12-8-13(20(3)19-12)22-15(16)17/h5-8,15H,4H2,1-3H3,(H,18,21). The number of anilines is 1. The van der Waals surface area contributed by atoms with Crippen LogP contribution in [0.25, 0.3) is 0 Å². The SMILES string of the molecule is CCc1cc(NC(=O)c2cc(OC(F)F)n(C)n2)ccc1C. The molecule has 0 bridgehead atoms. The number of ether oxygens (including phenoxy) is 1. The van der Waals surface area contributed by atoms with Gasteiger partial charge in [0.25, 0.3) is 5.91 Å². The quantitative estimate of drug-likeness (QED) is 0.923. The minimum atomic E-state index is -2.96. The minimum absolute atomic E-state index is 0.0109. The lowest BCUT2D eigenvalue weighted by Crippen LogP contribution is -2.13. The van der Waals surface area contributed by atoms with Gasteiger partial charge < -0.3 is 10.1 Å². The summed E-state index contributed by atoms with van der Waals surface area (Å²) in [6.07, 6.45) is 0.853. The maximum atomic E-state index is 12.2. The van der Waals surface area contributed by atoms with E-state index in [1.54, 1.807) is 6.07 Å². The van der Waals surface area contributed by atoms with Gasteiger partial charge in [0.05, 0.1) is 0 Å². The first-order chi connectivity index (χ1) is 10.4. The highest BCUT2D eigenvalue weighted by molar-refractivity contribution is 6.03. The molecule has 1 heterocycles. The van der Waals surface area contributed by atoms with Crippen molar-refractivity contribution < 1.29 is 18.3 Å². The van der Waals surface area contributed by atoms with Crippen LogP contribution in [0.5, 0.6) is 5.88 Å². The summed E-state index contributed by atoms with van der Waals surface area (Å²) in [5.74, 6) is -0.649. The highest BCUT2D eigenvalue weighted by Gasteiger charge is 2.16. The second-order valence-corrected chi connectivity index (χ2v) is 4.82. The average molecular weight is 309 g/mol. The largest absolute Gasteiger partial charge is 0.417 e. The second kappa shape index (κ2) is 6.55. The van der Waals surface area contributed by atoms with E-state index in [2.05, 4.69) is 15.2 Å². The van der Waals surface area contributed by atoms with E-state index in [4.69, 9.17) is 0 Å². The summed E-state index contributed by atoms with van der Waals surface area (Å²) >= 11 is 0. The number of rotatable bonds is 5. The van der Waals surface area contributed by atoms with Crippen LogP contribution in [0.2, 0.25) is 0 Å². The molecular formula is C15H17F2N3O2. The molecule has 0 unspecified atom stereocenters. The number of nitrogens with one attached hydrogen (secondary N) is 1. The molecule has 0 saturated carbocycles. The molecule has 0 radical (unpaired) electrons. The predicted octanol–water partition coefficient (Wildman–Crippen LogP) is 3.14. The molecule has 0 saturated heterocycles. The lowest BCUT2D eigenvalue weighted by Gasteiger charge is -2.07. The second-order valence-electron chi connectivity index (χ2n) is 4.82. The third-order valence-electron chi connectivity index (χ3n) is 3.27. The van der Waals surface area contributed by atoms with Gasteiger partial charge in [0.2, 0.25) is 5.88 Å². The molecular weight excluding hydrogens is 292 g/mol. The fraction of sp³-hybridized carbons (Fsp3) is 0.333. The lowest BCUT2D eigenvalue weighted by atomic mass is 10.1. The first kappa shape index (κ1) is 15.9. The van der Waals surface area contributed by atoms with Crippen molar-refractivity contribution in [3.05, 3.63) is 41.1 Å². The Morgan fingerprint density at radius 1 is 1.41 bits per heavy atom. The van der Waals surface area contributed by atoms with E-state index in [1.807, 2.05) is 26.0 Å². The third-order valence-corrected chi connectivity index (χ3v) is 3.27. The van der Waals surface area contributed by atoms with Crippen molar-refractivity contribution in [1.29, 1.82) is 0 Å². The fourth-order valence-electron chi connectivity index (χ4n) is 2.09. The predicted molar refractivity (Wildman–Crippen MR) is 78.4 cm³/mol. The number of hydrogen-bond donors (Lipinski definition) is 1. The molecule has 1 N–H and O–H groups in total. The van der Waals surface area contributed by atoms with Crippen molar-refractivity contribution in [2.75, 3.05) is 5.32 Å². The number of nitrogens with zero attached hydrogens (tertiary/aromatic N) is 2. The first-order valence-electron chi connectivity index (χ1n) is 6.80. The van der Waals surface area contributed by atoms with Crippen LogP contribution in [-0.2, 0) is 13.5 Å². The zero-order valence-electron chi connectivity index (χ0n) is 12.6. The van der Waals surface area contributed by atoms with E-state index in [9.17, 15) is 13.6 Å². The maximum absolute atomic E-state index is 12.2. The van der Waals surface area contributed by atoms with Crippen molar-refractivity contribution in [3.8, 4) is 5.88 Å². The van der Waals surface area contributed by atoms with Crippen molar-refractivity contribution in [2.45, 2.75) is 26.9 Å². The van der Waals surface area contributed by atoms with Crippen LogP contribution in [0.4, 0.5) is 14.5 Å². The third kappa shape index (κ3) is 3.60. The van der Waals surface area contributed by atoms with Gasteiger partial charge in [0.15, 0.2) is 5.69 Å². The van der Waals surface area contributed by atoms with Gasteiger partial charge >= 0.3 is 6.61 Å². The van der Waals surface area contributed by atoms with Crippen LogP contribution in [0.1, 0.15) is 28.5 Å². The lowest BCUT2D eigenvalue weighted by molar-refractivity contribution is -0.0553. The number of hydrogen-bond acceptors (Lipinski definition) is 3. The van der Waals surface area contributed by atoms with Crippen LogP contribution in [0.3, 0.4) is 0 Å². The number of aryl methyl sites for hydroxylation is 3. The minimum Gasteiger partial charge on any atom is -0.417 e. The van der Waals surface area contributed by atoms with Gasteiger partial charge in [-0.05, 0) is 36.6 Å². The van der Waals surface area contributed by atoms with Crippen molar-refractivity contribution in [3.63, 3.8) is 0 Å². The molecule has 1 aromatic carbocycles. The highest BCUT2D eigenvalue weighted by Crippen LogP contribution is 2.19. The highest BCUT2D eigenvalue weighted by atomic mass is 19.3. The summed E-state index contributed by atoms with van der Waals surface area (Å²) < 4.78 is 29.8. The number of benzene rings is 1. The molecule has 0 fully saturated rings. The normalized spacial score (nSPS) is 10.8. The summed E-state index contributed by atoms with van der Waals surface area (Å²) in [6, 6.07) is 6.76. The van der Waals surface area contributed by atoms with Crippen molar-refractivity contribution in [1.82, 2.24) is 9.78 Å². The van der Waals surface area contributed by atoms with Crippen molar-refractivity contribution >= 4 is 11.6 Å². The Kier molecular flexibility index (Phi) is 4.75. The van der Waals surface area contributed by atoms with Gasteiger partial charge in [-0.3, -0.25) is 4.79 Å². The zero-order valence-corrected chi connectivity index (χ0v) is 12.6. The Bertz CT molecular complexity index is 683. The number of amides is 1. The molecule has 7 heteroatoms. The molecule has 0 aliphatic carbocycles. The smallest absolute Gasteiger partial charge is 0.388 e. The van der Waals surface area contributed by atoms with Crippen LogP contribution in [-0.4, -0.2) is 22.3 Å². The van der Waals surface area contributed by atoms with Gasteiger partial charge in [-0.25, -0.2) is 4.68 Å². The van der Waals surface area contributed by atoms with Crippen LogP contribution < -0.4 is 10.1 Å². The number of carbonyl (C=O) groups excluding carboxylic acids is 1. The topological polar surface area (TPSA) is 56.1 Å². The fourth-order valence-corrected chi connectivity index (χ4v) is 2.09. The Morgan fingerprint density at radius 2 is 2.14 bits per heavy atom. The number of halogens is 2. The molecule has 2 aromatic rings. The number of alkyl halides is 2. The summed E-state index contributed by atoms with van der Waals surface area (Å²) in [7, 11) is 1.43. The summed E-state index contributed by atoms with van der Waals surface area (Å²) in [5.41, 5.74) is 2.91. The van der Waals surface area contributed by atoms with Crippen LogP contribution in [0.15, 0.2) is 24.3 Å². The Balaban J connectivity index is 2.15. The number of carbonyl (C=O) groups is 1. The van der Waals surface area contributed by atoms with E-state index >= 15 is 0 Å². The van der Waals surface area contributed by atoms with E-state index in [1.165, 1.54) is 13.1 Å². The van der Waals surface area contributed by atoms with E-state index < -0.39 is 12.5 Å². The van der Waals surface area contributed by atoms with Gasteiger partial charge in [-0.1, -0.05) is 13.0 Å². The molecule has 22 heavy (non-hydrogen) atoms. The molecule has 1 amide bonds. The molecule has 2 rings (SSSR count). The van der Waals surface area contributed by atoms with Gasteiger partial charge in [-0.2, -0.15) is 13.9 Å². The van der Waals surface area contributed by atoms with Crippen molar-refractivity contribution in [2.24, 2.45) is 7.05 Å². The molecule has 0 atom stereocenters. The van der Waals surface area contributed by atoms with E-state index in [0.29, 0.717) is 5.69 Å². The average Bonchev–Trinajstić information content (AvgIpc) is 2.81. The zero-order chi connectivity index (χ0) is 16.3. The molecule has 0 spiro atoms. The summed E-state index contributed by atoms with van der Waals surface area (Å²) in [4.78, 5) is 12.1. The van der Waals surface area contributed by atoms with Crippen LogP contribution >= 0.6 is 0 Å². The molecule has 5 nitrogen and oxygen atoms in total. The van der Waals surface area contributed by atoms with E-state index in [-0.39, 0.29) is 11.6 Å². The Labute approximate surface area is 126 Å². The van der Waals surface area contributed by atoms with Gasteiger partial charge in [0.1, 0.15) is 0 Å². The molecule has 0 aliphatic heterocycles. The summed E-state index contributed by atoms with van der Waals surface area (Å²) in [5, 5.41) is 6.56. The summed E-state index contributed by atoms with van der Waals surface area (Å²) in [6.45, 7) is 1.06. The van der Waals surface area contributed by atoms with Gasteiger partial charge in [0, 0.05) is 18.8 Å². The van der Waals surface area contributed by atoms with Gasteiger partial charge in [-0.15, -0.1) is 0 Å². The molecule has 1 aromatic heterocycles. The van der Waals surface area contributed by atoms with Crippen LogP contribution in [0, 0.1) is 6.92 Å². The first-order valence-corrected chi connectivity index (χ1v) is 6.80. The number of aromatic nitrogens is 2. The maximum Gasteiger partial charge on any atom is 0.388 e.